The first-order valence-corrected chi connectivity index (χ1v) is 17.1. The summed E-state index contributed by atoms with van der Waals surface area (Å²) < 4.78 is 42.1. The second kappa shape index (κ2) is 15.6. The number of fused-ring (bicyclic) bond motifs is 1. The number of allylic oxidation sites excluding steroid dienone is 3. The minimum atomic E-state index is -4.83. The number of hydrogen-bond donors (Lipinski definition) is 4. The van der Waals surface area contributed by atoms with E-state index in [1.807, 2.05) is 19.9 Å². The Morgan fingerprint density at radius 3 is 2.45 bits per heavy atom. The first-order chi connectivity index (χ1) is 20.3. The summed E-state index contributed by atoms with van der Waals surface area (Å²) in [5.41, 5.74) is 13.4. The summed E-state index contributed by atoms with van der Waals surface area (Å²) in [6, 6.07) is 4.50. The monoisotopic (exact) mass is 635 g/mol. The number of aromatic hydroxyl groups is 2. The molecule has 0 heterocycles. The van der Waals surface area contributed by atoms with Gasteiger partial charge < -0.3 is 14.8 Å². The summed E-state index contributed by atoms with van der Waals surface area (Å²) in [5, 5.41) is 19.7. The number of phenols is 2. The van der Waals surface area contributed by atoms with Gasteiger partial charge in [0.2, 0.25) is 10.4 Å². The van der Waals surface area contributed by atoms with Gasteiger partial charge in [-0.3, -0.25) is 20.2 Å². The Bertz CT molecular complexity index is 1290. The Balaban J connectivity index is 0.00000102. The third kappa shape index (κ3) is 10.8. The normalized spacial score (nSPS) is 24.8. The average molecular weight is 636 g/mol. The van der Waals surface area contributed by atoms with Crippen LogP contribution in [0.2, 0.25) is 0 Å². The van der Waals surface area contributed by atoms with Crippen LogP contribution < -0.4 is 11.5 Å². The first kappa shape index (κ1) is 37.6. The van der Waals surface area contributed by atoms with Crippen LogP contribution in [0.15, 0.2) is 42.0 Å². The van der Waals surface area contributed by atoms with Crippen LogP contribution in [0.5, 0.6) is 11.5 Å². The molecular weight excluding hydrogens is 578 g/mol. The van der Waals surface area contributed by atoms with Gasteiger partial charge >= 0.3 is 5.96 Å². The fourth-order valence-corrected chi connectivity index (χ4v) is 8.04. The fourth-order valence-electron chi connectivity index (χ4n) is 7.47. The quantitative estimate of drug-likeness (QED) is 0.0440. The van der Waals surface area contributed by atoms with E-state index in [-0.39, 0.29) is 34.2 Å². The molecule has 10 heteroatoms. The maximum atomic E-state index is 11.7. The van der Waals surface area contributed by atoms with Crippen LogP contribution in [0, 0.1) is 28.6 Å². The molecule has 2 fully saturated rings. The molecule has 250 valence electrons. The lowest BCUT2D eigenvalue weighted by molar-refractivity contribution is -0.466. The van der Waals surface area contributed by atoms with Crippen LogP contribution in [0.25, 0.3) is 0 Å². The van der Waals surface area contributed by atoms with Crippen molar-refractivity contribution in [1.82, 2.24) is 0 Å². The number of nitrogens with two attached hydrogens (primary N) is 2. The van der Waals surface area contributed by atoms with Crippen molar-refractivity contribution in [1.29, 1.82) is 0 Å². The number of benzene rings is 1. The van der Waals surface area contributed by atoms with Gasteiger partial charge in [0.15, 0.2) is 0 Å². The molecule has 1 aromatic carbocycles. The lowest BCUT2D eigenvalue weighted by Gasteiger charge is -2.58. The molecule has 2 saturated carbocycles. The molecule has 0 amide bonds. The van der Waals surface area contributed by atoms with Crippen LogP contribution in [0.1, 0.15) is 98.0 Å². The summed E-state index contributed by atoms with van der Waals surface area (Å²) in [7, 11) is -1.26. The van der Waals surface area contributed by atoms with Gasteiger partial charge in [-0.05, 0) is 111 Å². The summed E-state index contributed by atoms with van der Waals surface area (Å²) >= 11 is 0. The first-order valence-electron chi connectivity index (χ1n) is 15.8. The van der Waals surface area contributed by atoms with E-state index in [1.54, 1.807) is 24.7 Å². The van der Waals surface area contributed by atoms with Gasteiger partial charge in [0.1, 0.15) is 11.5 Å². The highest BCUT2D eigenvalue weighted by Crippen LogP contribution is 2.62. The van der Waals surface area contributed by atoms with Gasteiger partial charge in [-0.2, -0.15) is 0 Å². The van der Waals surface area contributed by atoms with Crippen molar-refractivity contribution in [2.24, 2.45) is 40.1 Å². The lowest BCUT2D eigenvalue weighted by atomic mass is 9.47. The second-order valence-electron chi connectivity index (χ2n) is 14.2. The van der Waals surface area contributed by atoms with Gasteiger partial charge in [0.05, 0.1) is 20.2 Å². The Hall–Kier alpha value is -2.56. The highest BCUT2D eigenvalue weighted by Gasteiger charge is 2.53. The van der Waals surface area contributed by atoms with E-state index in [0.29, 0.717) is 30.3 Å². The van der Waals surface area contributed by atoms with E-state index in [0.717, 1.165) is 50.5 Å². The maximum absolute atomic E-state index is 11.7. The van der Waals surface area contributed by atoms with Crippen LogP contribution in [-0.4, -0.2) is 53.9 Å². The third-order valence-electron chi connectivity index (χ3n) is 10.1. The zero-order valence-corrected chi connectivity index (χ0v) is 28.8. The number of phenolic OH excluding ortho intramolecular Hbond substituents is 2. The third-order valence-corrected chi connectivity index (χ3v) is 10.6. The molecule has 0 bridgehead atoms. The number of guanidine groups is 1. The van der Waals surface area contributed by atoms with Gasteiger partial charge in [-0.1, -0.05) is 57.9 Å². The minimum Gasteiger partial charge on any atom is -0.726 e. The van der Waals surface area contributed by atoms with Gasteiger partial charge in [-0.15, -0.1) is 0 Å². The molecule has 44 heavy (non-hydrogen) atoms. The molecule has 0 radical (unpaired) electrons. The molecule has 5 atom stereocenters. The molecule has 0 spiro atoms. The molecular formula is C34H57N3O6S. The lowest BCUT2D eigenvalue weighted by Crippen LogP contribution is -2.50. The molecule has 2 aliphatic rings. The zero-order valence-electron chi connectivity index (χ0n) is 27.9. The summed E-state index contributed by atoms with van der Waals surface area (Å²) in [6.07, 6.45) is 10.3. The van der Waals surface area contributed by atoms with Gasteiger partial charge in [-0.25, -0.2) is 8.42 Å². The van der Waals surface area contributed by atoms with Crippen LogP contribution >= 0.6 is 0 Å². The molecule has 3 rings (SSSR count). The van der Waals surface area contributed by atoms with E-state index < -0.39 is 16.5 Å². The van der Waals surface area contributed by atoms with Gasteiger partial charge in [0, 0.05) is 5.56 Å². The Morgan fingerprint density at radius 2 is 1.86 bits per heavy atom. The SMILES string of the molecule is C=C1CC[C@H]2C(C)(C)CCC[C@]2(C)[C@H]1C[C@@H](OS(=O)(=O)[O-])[C@H](C)CCC/C(C)=C/Cc1cc(O)ccc1O.C[N+](C)=C(N)N. The van der Waals surface area contributed by atoms with E-state index in [2.05, 4.69) is 27.4 Å². The van der Waals surface area contributed by atoms with E-state index >= 15 is 0 Å². The molecule has 2 aliphatic carbocycles. The van der Waals surface area contributed by atoms with Gasteiger partial charge in [0.25, 0.3) is 0 Å². The highest BCUT2D eigenvalue weighted by molar-refractivity contribution is 7.80. The highest BCUT2D eigenvalue weighted by atomic mass is 32.3. The Labute approximate surface area is 266 Å². The van der Waals surface area contributed by atoms with Crippen molar-refractivity contribution >= 4 is 16.4 Å². The summed E-state index contributed by atoms with van der Waals surface area (Å²) in [5.74, 6) is 1.19. The standard InChI is InChI=1S/C31H48O6S.C3H9N3/c1-21(11-13-24-19-25(32)14-15-27(24)33)9-7-10-23(3)28(37-38(34,35)36)20-26-22(2)12-16-29-30(4,5)17-8-18-31(26,29)6;1-6(2)3(4)5/h11,14-15,19,23,26,28-29,32-33H,2,7-10,12-13,16-18,20H2,1,3-6H3,(H,34,35,36);1-2H3,(H3,4,5)/b21-11+;/t23-,26+,28-,29+,31-;/m1./s1. The molecule has 0 saturated heterocycles. The number of hydrogen-bond acceptors (Lipinski definition) is 6. The van der Waals surface area contributed by atoms with Crippen molar-refractivity contribution in [2.45, 2.75) is 105 Å². The van der Waals surface area contributed by atoms with E-state index in [4.69, 9.17) is 15.7 Å². The van der Waals surface area contributed by atoms with Crippen molar-refractivity contribution in [3.63, 3.8) is 0 Å². The molecule has 9 nitrogen and oxygen atoms in total. The Kier molecular flexibility index (Phi) is 13.4. The molecule has 0 unspecified atom stereocenters. The van der Waals surface area contributed by atoms with Crippen molar-refractivity contribution in [3.05, 3.63) is 47.6 Å². The minimum absolute atomic E-state index is 0.0296. The van der Waals surface area contributed by atoms with Crippen molar-refractivity contribution in [2.75, 3.05) is 14.1 Å². The summed E-state index contributed by atoms with van der Waals surface area (Å²) in [6.45, 7) is 15.5. The van der Waals surface area contributed by atoms with Crippen molar-refractivity contribution in [3.8, 4) is 11.5 Å². The van der Waals surface area contributed by atoms with Crippen LogP contribution in [0.3, 0.4) is 0 Å². The number of rotatable bonds is 11. The molecule has 1 aromatic rings. The zero-order chi connectivity index (χ0) is 33.5. The maximum Gasteiger partial charge on any atom is 0.340 e. The van der Waals surface area contributed by atoms with Crippen LogP contribution in [-0.2, 0) is 21.0 Å². The second-order valence-corrected chi connectivity index (χ2v) is 15.2. The smallest absolute Gasteiger partial charge is 0.340 e. The predicted molar refractivity (Wildman–Crippen MR) is 176 cm³/mol. The Morgan fingerprint density at radius 1 is 1.23 bits per heavy atom. The topological polar surface area (TPSA) is 162 Å². The van der Waals surface area contributed by atoms with Crippen molar-refractivity contribution < 1.29 is 31.9 Å². The van der Waals surface area contributed by atoms with E-state index in [9.17, 15) is 23.2 Å². The summed E-state index contributed by atoms with van der Waals surface area (Å²) in [4.78, 5) is 0. The predicted octanol–water partition coefficient (Wildman–Crippen LogP) is 5.96. The van der Waals surface area contributed by atoms with E-state index in [1.165, 1.54) is 24.1 Å². The number of nitrogens with zero attached hydrogens (tertiary/aromatic N) is 1. The molecule has 6 N–H and O–H groups in total. The molecule has 0 aliphatic heterocycles. The van der Waals surface area contributed by atoms with Crippen LogP contribution in [0.4, 0.5) is 0 Å². The largest absolute Gasteiger partial charge is 0.726 e. The average Bonchev–Trinajstić information content (AvgIpc) is 2.89. The molecule has 0 aromatic heterocycles. The fraction of sp³-hybridized carbons (Fsp3) is 0.676.